The molecular formula is C32H49N3O3. The summed E-state index contributed by atoms with van der Waals surface area (Å²) in [5.41, 5.74) is 2.51. The van der Waals surface area contributed by atoms with Crippen LogP contribution in [0.3, 0.4) is 0 Å². The van der Waals surface area contributed by atoms with E-state index in [0.29, 0.717) is 30.5 Å². The highest BCUT2D eigenvalue weighted by molar-refractivity contribution is 5.80. The summed E-state index contributed by atoms with van der Waals surface area (Å²) >= 11 is 0. The van der Waals surface area contributed by atoms with Gasteiger partial charge in [-0.2, -0.15) is 0 Å². The van der Waals surface area contributed by atoms with E-state index in [0.717, 1.165) is 45.3 Å². The van der Waals surface area contributed by atoms with Crippen molar-refractivity contribution in [1.82, 2.24) is 14.7 Å². The molecule has 1 atom stereocenters. The minimum absolute atomic E-state index is 0.126. The summed E-state index contributed by atoms with van der Waals surface area (Å²) in [6.45, 7) is 13.3. The number of nitrogens with zero attached hydrogens (tertiary/aromatic N) is 3. The van der Waals surface area contributed by atoms with Crippen LogP contribution >= 0.6 is 0 Å². The Balaban J connectivity index is 1.30. The van der Waals surface area contributed by atoms with E-state index in [1.807, 2.05) is 25.7 Å². The second-order valence-corrected chi connectivity index (χ2v) is 13.9. The molecule has 2 amide bonds. The van der Waals surface area contributed by atoms with Crippen LogP contribution in [-0.2, 0) is 9.53 Å². The number of amides is 2. The van der Waals surface area contributed by atoms with Gasteiger partial charge in [0, 0.05) is 31.7 Å². The zero-order valence-corrected chi connectivity index (χ0v) is 24.4. The summed E-state index contributed by atoms with van der Waals surface area (Å²) in [5.74, 6) is 0.745. The van der Waals surface area contributed by atoms with Crippen LogP contribution in [0.1, 0.15) is 115 Å². The number of carbonyl (C=O) groups is 2. The molecule has 1 aromatic rings. The molecule has 210 valence electrons. The lowest BCUT2D eigenvalue weighted by Crippen LogP contribution is -2.63. The third-order valence-corrected chi connectivity index (χ3v) is 9.64. The topological polar surface area (TPSA) is 53.1 Å². The molecular weight excluding hydrogens is 474 g/mol. The SMILES string of the molecule is CC(C)c1ccccc1C1CN(C2CCCCC2)CC(=O)N1C1CC2(CCN(C(=O)OC(C)(C)C)CC2)C1. The number of piperazine rings is 1. The fourth-order valence-electron chi connectivity index (χ4n) is 7.61. The van der Waals surface area contributed by atoms with Crippen LogP contribution in [0, 0.1) is 5.41 Å². The minimum Gasteiger partial charge on any atom is -0.444 e. The predicted octanol–water partition coefficient (Wildman–Crippen LogP) is 6.51. The van der Waals surface area contributed by atoms with Gasteiger partial charge in [0.2, 0.25) is 5.91 Å². The second kappa shape index (κ2) is 10.8. The molecule has 2 saturated carbocycles. The van der Waals surface area contributed by atoms with Crippen LogP contribution in [-0.4, -0.2) is 70.6 Å². The van der Waals surface area contributed by atoms with Gasteiger partial charge in [-0.15, -0.1) is 0 Å². The van der Waals surface area contributed by atoms with Crippen LogP contribution in [0.2, 0.25) is 0 Å². The number of benzene rings is 1. The van der Waals surface area contributed by atoms with Gasteiger partial charge in [0.05, 0.1) is 12.6 Å². The first kappa shape index (κ1) is 27.5. The molecule has 1 unspecified atom stereocenters. The fraction of sp³-hybridized carbons (Fsp3) is 0.750. The molecule has 0 radical (unpaired) electrons. The van der Waals surface area contributed by atoms with Crippen molar-refractivity contribution < 1.29 is 14.3 Å². The fourth-order valence-corrected chi connectivity index (χ4v) is 7.61. The van der Waals surface area contributed by atoms with E-state index in [1.165, 1.54) is 43.2 Å². The van der Waals surface area contributed by atoms with Gasteiger partial charge in [-0.05, 0) is 81.8 Å². The molecule has 1 aromatic carbocycles. The molecule has 4 aliphatic rings. The van der Waals surface area contributed by atoms with Crippen LogP contribution in [0.25, 0.3) is 0 Å². The summed E-state index contributed by atoms with van der Waals surface area (Å²) in [6, 6.07) is 9.81. The molecule has 4 fully saturated rings. The van der Waals surface area contributed by atoms with E-state index >= 15 is 0 Å². The van der Waals surface area contributed by atoms with E-state index in [2.05, 4.69) is 47.9 Å². The summed E-state index contributed by atoms with van der Waals surface area (Å²) in [6.07, 6.45) is 10.3. The zero-order valence-electron chi connectivity index (χ0n) is 24.4. The Morgan fingerprint density at radius 2 is 1.66 bits per heavy atom. The number of likely N-dealkylation sites (tertiary alicyclic amines) is 1. The van der Waals surface area contributed by atoms with Gasteiger partial charge in [0.1, 0.15) is 5.60 Å². The average molecular weight is 524 g/mol. The number of rotatable bonds is 4. The van der Waals surface area contributed by atoms with Crippen LogP contribution in [0.5, 0.6) is 0 Å². The van der Waals surface area contributed by atoms with Crippen molar-refractivity contribution >= 4 is 12.0 Å². The van der Waals surface area contributed by atoms with Gasteiger partial charge < -0.3 is 14.5 Å². The average Bonchev–Trinajstić information content (AvgIpc) is 2.86. The Hall–Kier alpha value is -2.08. The summed E-state index contributed by atoms with van der Waals surface area (Å²) in [5, 5.41) is 0. The molecule has 2 saturated heterocycles. The normalized spacial score (nSPS) is 25.6. The molecule has 0 bridgehead atoms. The first-order valence-corrected chi connectivity index (χ1v) is 15.2. The summed E-state index contributed by atoms with van der Waals surface area (Å²) < 4.78 is 5.61. The number of piperidine rings is 1. The van der Waals surface area contributed by atoms with Gasteiger partial charge in [-0.3, -0.25) is 9.69 Å². The smallest absolute Gasteiger partial charge is 0.410 e. The van der Waals surface area contributed by atoms with Crippen molar-refractivity contribution in [2.24, 2.45) is 5.41 Å². The largest absolute Gasteiger partial charge is 0.444 e. The van der Waals surface area contributed by atoms with Crippen molar-refractivity contribution in [2.45, 2.75) is 122 Å². The monoisotopic (exact) mass is 523 g/mol. The van der Waals surface area contributed by atoms with E-state index < -0.39 is 5.60 Å². The summed E-state index contributed by atoms with van der Waals surface area (Å²) in [7, 11) is 0. The lowest BCUT2D eigenvalue weighted by molar-refractivity contribution is -0.155. The van der Waals surface area contributed by atoms with Crippen LogP contribution in [0.4, 0.5) is 4.79 Å². The Kier molecular flexibility index (Phi) is 7.83. The number of ether oxygens (including phenoxy) is 1. The maximum atomic E-state index is 13.9. The van der Waals surface area contributed by atoms with Gasteiger partial charge in [-0.1, -0.05) is 57.4 Å². The van der Waals surface area contributed by atoms with Crippen molar-refractivity contribution in [3.63, 3.8) is 0 Å². The third kappa shape index (κ3) is 5.76. The molecule has 5 rings (SSSR count). The molecule has 6 heteroatoms. The van der Waals surface area contributed by atoms with E-state index in [-0.39, 0.29) is 17.6 Å². The molecule has 2 heterocycles. The molecule has 2 aliphatic carbocycles. The highest BCUT2D eigenvalue weighted by Crippen LogP contribution is 2.53. The molecule has 1 spiro atoms. The highest BCUT2D eigenvalue weighted by Gasteiger charge is 2.52. The maximum Gasteiger partial charge on any atom is 0.410 e. The zero-order chi connectivity index (χ0) is 27.1. The van der Waals surface area contributed by atoms with Crippen molar-refractivity contribution in [1.29, 1.82) is 0 Å². The molecule has 2 aliphatic heterocycles. The van der Waals surface area contributed by atoms with Crippen LogP contribution in [0.15, 0.2) is 24.3 Å². The predicted molar refractivity (Wildman–Crippen MR) is 151 cm³/mol. The van der Waals surface area contributed by atoms with E-state index in [9.17, 15) is 9.59 Å². The van der Waals surface area contributed by atoms with Gasteiger partial charge in [0.15, 0.2) is 0 Å². The van der Waals surface area contributed by atoms with Gasteiger partial charge >= 0.3 is 6.09 Å². The highest BCUT2D eigenvalue weighted by atomic mass is 16.6. The number of carbonyl (C=O) groups excluding carboxylic acids is 2. The quantitative estimate of drug-likeness (QED) is 0.452. The van der Waals surface area contributed by atoms with E-state index in [4.69, 9.17) is 4.74 Å². The number of hydrogen-bond acceptors (Lipinski definition) is 4. The van der Waals surface area contributed by atoms with Gasteiger partial charge in [0.25, 0.3) is 0 Å². The summed E-state index contributed by atoms with van der Waals surface area (Å²) in [4.78, 5) is 33.2. The minimum atomic E-state index is -0.463. The third-order valence-electron chi connectivity index (χ3n) is 9.64. The Bertz CT molecular complexity index is 993. The first-order chi connectivity index (χ1) is 18.1. The van der Waals surface area contributed by atoms with E-state index in [1.54, 1.807) is 0 Å². The van der Waals surface area contributed by atoms with Crippen molar-refractivity contribution in [2.75, 3.05) is 26.2 Å². The first-order valence-electron chi connectivity index (χ1n) is 15.2. The molecule has 38 heavy (non-hydrogen) atoms. The maximum absolute atomic E-state index is 13.9. The Morgan fingerprint density at radius 1 is 1.00 bits per heavy atom. The molecule has 0 N–H and O–H groups in total. The standard InChI is InChI=1S/C32H49N3O3/c1-23(2)26-13-9-10-14-27(26)28-21-34(24-11-7-6-8-12-24)22-29(36)35(28)25-19-32(20-25)15-17-33(18-16-32)30(37)38-31(3,4)5/h9-10,13-14,23-25,28H,6-8,11-12,15-22H2,1-5H3. The van der Waals surface area contributed by atoms with Crippen molar-refractivity contribution in [3.8, 4) is 0 Å². The van der Waals surface area contributed by atoms with Gasteiger partial charge in [-0.25, -0.2) is 4.79 Å². The van der Waals surface area contributed by atoms with Crippen LogP contribution < -0.4 is 0 Å². The lowest BCUT2D eigenvalue weighted by Gasteiger charge is -2.58. The second-order valence-electron chi connectivity index (χ2n) is 13.9. The van der Waals surface area contributed by atoms with Crippen molar-refractivity contribution in [3.05, 3.63) is 35.4 Å². The molecule has 6 nitrogen and oxygen atoms in total. The number of hydrogen-bond donors (Lipinski definition) is 0. The Morgan fingerprint density at radius 3 is 2.29 bits per heavy atom. The Labute approximate surface area is 230 Å². The lowest BCUT2D eigenvalue weighted by atomic mass is 9.59. The molecule has 0 aromatic heterocycles.